The van der Waals surface area contributed by atoms with Crippen LogP contribution in [-0.2, 0) is 0 Å². The summed E-state index contributed by atoms with van der Waals surface area (Å²) in [6.45, 7) is 4.13. The first-order valence-electron chi connectivity index (χ1n) is 6.84. The van der Waals surface area contributed by atoms with Gasteiger partial charge in [0, 0.05) is 16.1 Å². The fraction of sp³-hybridized carbons (Fsp3) is 0.294. The average Bonchev–Trinajstić information content (AvgIpc) is 2.48. The van der Waals surface area contributed by atoms with E-state index in [4.69, 9.17) is 9.47 Å². The number of halogens is 1. The van der Waals surface area contributed by atoms with Gasteiger partial charge < -0.3 is 14.8 Å². The SMILES string of the molecule is CNC(C)c1ccc(Br)cc1Oc1ccc(C)cc1OC. The number of hydrogen-bond acceptors (Lipinski definition) is 3. The van der Waals surface area contributed by atoms with E-state index in [2.05, 4.69) is 34.2 Å². The standard InChI is InChI=1S/C17H20BrNO2/c1-11-5-8-15(17(9-11)20-4)21-16-10-13(18)6-7-14(16)12(2)19-3/h5-10,12,19H,1-4H3. The third kappa shape index (κ3) is 3.77. The number of aryl methyl sites for hydroxylation is 1. The Balaban J connectivity index is 2.41. The molecule has 1 atom stereocenters. The van der Waals surface area contributed by atoms with E-state index in [0.29, 0.717) is 5.75 Å². The monoisotopic (exact) mass is 349 g/mol. The Kier molecular flexibility index (Phi) is 5.26. The molecule has 0 spiro atoms. The molecule has 0 amide bonds. The van der Waals surface area contributed by atoms with Crippen LogP contribution in [0.1, 0.15) is 24.1 Å². The molecule has 1 N–H and O–H groups in total. The zero-order valence-electron chi connectivity index (χ0n) is 12.7. The highest BCUT2D eigenvalue weighted by Gasteiger charge is 2.13. The highest BCUT2D eigenvalue weighted by atomic mass is 79.9. The largest absolute Gasteiger partial charge is 0.493 e. The van der Waals surface area contributed by atoms with E-state index in [-0.39, 0.29) is 6.04 Å². The molecule has 2 aromatic carbocycles. The summed E-state index contributed by atoms with van der Waals surface area (Å²) in [7, 11) is 3.59. The molecule has 0 fully saturated rings. The Morgan fingerprint density at radius 1 is 1.05 bits per heavy atom. The van der Waals surface area contributed by atoms with Crippen LogP contribution in [0.25, 0.3) is 0 Å². The normalized spacial score (nSPS) is 12.0. The van der Waals surface area contributed by atoms with Gasteiger partial charge in [0.05, 0.1) is 7.11 Å². The van der Waals surface area contributed by atoms with Gasteiger partial charge in [-0.3, -0.25) is 0 Å². The molecule has 21 heavy (non-hydrogen) atoms. The van der Waals surface area contributed by atoms with E-state index >= 15 is 0 Å². The van der Waals surface area contributed by atoms with Gasteiger partial charge in [-0.1, -0.05) is 28.1 Å². The zero-order valence-corrected chi connectivity index (χ0v) is 14.3. The van der Waals surface area contributed by atoms with Crippen LogP contribution in [0.4, 0.5) is 0 Å². The molecule has 3 nitrogen and oxygen atoms in total. The lowest BCUT2D eigenvalue weighted by atomic mass is 10.1. The maximum atomic E-state index is 6.10. The predicted octanol–water partition coefficient (Wildman–Crippen LogP) is 4.84. The van der Waals surface area contributed by atoms with Crippen LogP contribution in [0.2, 0.25) is 0 Å². The lowest BCUT2D eigenvalue weighted by Gasteiger charge is -2.18. The lowest BCUT2D eigenvalue weighted by molar-refractivity contribution is 0.376. The second-order valence-corrected chi connectivity index (χ2v) is 5.86. The van der Waals surface area contributed by atoms with Crippen molar-refractivity contribution in [3.63, 3.8) is 0 Å². The van der Waals surface area contributed by atoms with Crippen LogP contribution in [0.5, 0.6) is 17.2 Å². The van der Waals surface area contributed by atoms with Crippen molar-refractivity contribution in [3.05, 3.63) is 52.0 Å². The third-order valence-corrected chi connectivity index (χ3v) is 3.91. The molecule has 2 rings (SSSR count). The van der Waals surface area contributed by atoms with Crippen molar-refractivity contribution in [3.8, 4) is 17.2 Å². The van der Waals surface area contributed by atoms with Crippen LogP contribution in [0.15, 0.2) is 40.9 Å². The molecule has 2 aromatic rings. The molecule has 0 saturated carbocycles. The molecule has 112 valence electrons. The highest BCUT2D eigenvalue weighted by molar-refractivity contribution is 9.10. The van der Waals surface area contributed by atoms with Gasteiger partial charge in [-0.05, 0) is 50.7 Å². The first kappa shape index (κ1) is 15.9. The Hall–Kier alpha value is -1.52. The summed E-state index contributed by atoms with van der Waals surface area (Å²) in [4.78, 5) is 0. The molecule has 0 bridgehead atoms. The van der Waals surface area contributed by atoms with Gasteiger partial charge in [0.15, 0.2) is 11.5 Å². The smallest absolute Gasteiger partial charge is 0.169 e. The zero-order chi connectivity index (χ0) is 15.4. The fourth-order valence-electron chi connectivity index (χ4n) is 2.09. The molecule has 0 heterocycles. The van der Waals surface area contributed by atoms with Crippen LogP contribution in [0, 0.1) is 6.92 Å². The Morgan fingerprint density at radius 2 is 1.81 bits per heavy atom. The Bertz CT molecular complexity index is 628. The number of nitrogens with one attached hydrogen (secondary N) is 1. The number of rotatable bonds is 5. The summed E-state index contributed by atoms with van der Waals surface area (Å²) in [5.41, 5.74) is 2.24. The van der Waals surface area contributed by atoms with Crippen LogP contribution in [-0.4, -0.2) is 14.2 Å². The van der Waals surface area contributed by atoms with Crippen LogP contribution in [0.3, 0.4) is 0 Å². The van der Waals surface area contributed by atoms with E-state index in [1.807, 2.05) is 44.3 Å². The van der Waals surface area contributed by atoms with Gasteiger partial charge in [-0.25, -0.2) is 0 Å². The minimum Gasteiger partial charge on any atom is -0.493 e. The average molecular weight is 350 g/mol. The summed E-state index contributed by atoms with van der Waals surface area (Å²) in [6, 6.07) is 12.2. The van der Waals surface area contributed by atoms with Gasteiger partial charge in [-0.15, -0.1) is 0 Å². The van der Waals surface area contributed by atoms with Crippen molar-refractivity contribution in [1.82, 2.24) is 5.32 Å². The highest BCUT2D eigenvalue weighted by Crippen LogP contribution is 2.36. The first-order valence-corrected chi connectivity index (χ1v) is 7.63. The topological polar surface area (TPSA) is 30.5 Å². The van der Waals surface area contributed by atoms with E-state index in [1.165, 1.54) is 0 Å². The van der Waals surface area contributed by atoms with Crippen molar-refractivity contribution in [2.75, 3.05) is 14.2 Å². The van der Waals surface area contributed by atoms with E-state index in [0.717, 1.165) is 27.1 Å². The molecular weight excluding hydrogens is 330 g/mol. The maximum absolute atomic E-state index is 6.10. The number of methoxy groups -OCH3 is 1. The van der Waals surface area contributed by atoms with Crippen LogP contribution < -0.4 is 14.8 Å². The molecular formula is C17H20BrNO2. The molecule has 0 saturated heterocycles. The summed E-state index contributed by atoms with van der Waals surface area (Å²) >= 11 is 3.50. The van der Waals surface area contributed by atoms with E-state index in [9.17, 15) is 0 Å². The van der Waals surface area contributed by atoms with Crippen molar-refractivity contribution in [1.29, 1.82) is 0 Å². The van der Waals surface area contributed by atoms with Gasteiger partial charge in [0.2, 0.25) is 0 Å². The second-order valence-electron chi connectivity index (χ2n) is 4.95. The van der Waals surface area contributed by atoms with E-state index in [1.54, 1.807) is 7.11 Å². The third-order valence-electron chi connectivity index (χ3n) is 3.41. The Labute approximate surface area is 134 Å². The second kappa shape index (κ2) is 6.96. The predicted molar refractivity (Wildman–Crippen MR) is 89.4 cm³/mol. The minimum absolute atomic E-state index is 0.199. The van der Waals surface area contributed by atoms with Crippen molar-refractivity contribution < 1.29 is 9.47 Å². The number of benzene rings is 2. The fourth-order valence-corrected chi connectivity index (χ4v) is 2.43. The van der Waals surface area contributed by atoms with Crippen molar-refractivity contribution in [2.24, 2.45) is 0 Å². The van der Waals surface area contributed by atoms with Crippen molar-refractivity contribution >= 4 is 15.9 Å². The molecule has 1 unspecified atom stereocenters. The van der Waals surface area contributed by atoms with Gasteiger partial charge in [0.25, 0.3) is 0 Å². The van der Waals surface area contributed by atoms with Crippen LogP contribution >= 0.6 is 15.9 Å². The summed E-state index contributed by atoms with van der Waals surface area (Å²) < 4.78 is 12.5. The van der Waals surface area contributed by atoms with Gasteiger partial charge in [0.1, 0.15) is 5.75 Å². The first-order chi connectivity index (χ1) is 10.0. The molecule has 4 heteroatoms. The van der Waals surface area contributed by atoms with Crippen molar-refractivity contribution in [2.45, 2.75) is 19.9 Å². The molecule has 0 aliphatic rings. The van der Waals surface area contributed by atoms with Gasteiger partial charge >= 0.3 is 0 Å². The number of hydrogen-bond donors (Lipinski definition) is 1. The van der Waals surface area contributed by atoms with Gasteiger partial charge in [-0.2, -0.15) is 0 Å². The molecule has 0 aromatic heterocycles. The maximum Gasteiger partial charge on any atom is 0.169 e. The summed E-state index contributed by atoms with van der Waals surface area (Å²) in [5, 5.41) is 3.24. The quantitative estimate of drug-likeness (QED) is 0.837. The number of ether oxygens (including phenoxy) is 2. The molecule has 0 radical (unpaired) electrons. The minimum atomic E-state index is 0.199. The molecule has 0 aliphatic carbocycles. The Morgan fingerprint density at radius 3 is 2.48 bits per heavy atom. The lowest BCUT2D eigenvalue weighted by Crippen LogP contribution is -2.13. The summed E-state index contributed by atoms with van der Waals surface area (Å²) in [6.07, 6.45) is 0. The molecule has 0 aliphatic heterocycles. The van der Waals surface area contributed by atoms with E-state index < -0.39 is 0 Å². The summed E-state index contributed by atoms with van der Waals surface area (Å²) in [5.74, 6) is 2.26.